The second kappa shape index (κ2) is 8.13. The average Bonchev–Trinajstić information content (AvgIpc) is 2.70. The average molecular weight is 368 g/mol. The monoisotopic (exact) mass is 368 g/mol. The maximum absolute atomic E-state index is 13.6. The Balaban J connectivity index is 1.71. The van der Waals surface area contributed by atoms with E-state index in [9.17, 15) is 9.18 Å². The number of anilines is 3. The fourth-order valence-electron chi connectivity index (χ4n) is 2.33. The summed E-state index contributed by atoms with van der Waals surface area (Å²) in [6.07, 6.45) is 0. The van der Waals surface area contributed by atoms with Crippen LogP contribution in [0.3, 0.4) is 0 Å². The molecule has 0 fully saturated rings. The Morgan fingerprint density at radius 3 is 2.37 bits per heavy atom. The third-order valence-electron chi connectivity index (χ3n) is 3.70. The van der Waals surface area contributed by atoms with Crippen LogP contribution in [0.4, 0.5) is 21.7 Å². The molecule has 1 heterocycles. The van der Waals surface area contributed by atoms with Gasteiger partial charge in [-0.05, 0) is 36.4 Å². The first-order chi connectivity index (χ1) is 13.1. The first-order valence-corrected chi connectivity index (χ1v) is 7.99. The number of carbonyl (C=O) groups is 1. The molecule has 0 radical (unpaired) electrons. The van der Waals surface area contributed by atoms with Crippen molar-refractivity contribution in [3.8, 4) is 11.5 Å². The maximum Gasteiger partial charge on any atom is 0.259 e. The second-order valence-electron chi connectivity index (χ2n) is 5.43. The van der Waals surface area contributed by atoms with Crippen molar-refractivity contribution in [2.75, 3.05) is 24.9 Å². The molecule has 0 spiro atoms. The summed E-state index contributed by atoms with van der Waals surface area (Å²) >= 11 is 0. The highest BCUT2D eigenvalue weighted by Crippen LogP contribution is 2.30. The molecule has 3 rings (SSSR count). The molecule has 0 atom stereocenters. The van der Waals surface area contributed by atoms with Crippen LogP contribution in [0.5, 0.6) is 11.5 Å². The van der Waals surface area contributed by atoms with Gasteiger partial charge in [-0.1, -0.05) is 12.1 Å². The lowest BCUT2D eigenvalue weighted by Gasteiger charge is -2.12. The number of hydrogen-bond acceptors (Lipinski definition) is 6. The highest BCUT2D eigenvalue weighted by molar-refractivity contribution is 6.03. The first kappa shape index (κ1) is 18.1. The van der Waals surface area contributed by atoms with E-state index < -0.39 is 11.7 Å². The molecule has 0 unspecified atom stereocenters. The topological polar surface area (TPSA) is 85.4 Å². The van der Waals surface area contributed by atoms with Crippen LogP contribution in [0.1, 0.15) is 10.4 Å². The highest BCUT2D eigenvalue weighted by atomic mass is 19.1. The molecule has 1 aromatic heterocycles. The number of hydrogen-bond donors (Lipinski definition) is 2. The summed E-state index contributed by atoms with van der Waals surface area (Å²) in [5.74, 6) is 0.688. The maximum atomic E-state index is 13.6. The fourth-order valence-corrected chi connectivity index (χ4v) is 2.33. The number of amides is 1. The Morgan fingerprint density at radius 2 is 1.70 bits per heavy atom. The largest absolute Gasteiger partial charge is 0.497 e. The summed E-state index contributed by atoms with van der Waals surface area (Å²) in [4.78, 5) is 12.1. The van der Waals surface area contributed by atoms with Crippen LogP contribution >= 0.6 is 0 Å². The molecular formula is C19H17FN4O3. The van der Waals surface area contributed by atoms with Crippen molar-refractivity contribution in [1.29, 1.82) is 0 Å². The zero-order valence-electron chi connectivity index (χ0n) is 14.7. The van der Waals surface area contributed by atoms with Gasteiger partial charge < -0.3 is 20.1 Å². The van der Waals surface area contributed by atoms with Gasteiger partial charge in [-0.25, -0.2) is 4.39 Å². The van der Waals surface area contributed by atoms with E-state index in [0.29, 0.717) is 23.0 Å². The van der Waals surface area contributed by atoms with Crippen molar-refractivity contribution >= 4 is 23.2 Å². The van der Waals surface area contributed by atoms with Gasteiger partial charge in [0.25, 0.3) is 5.91 Å². The molecule has 0 saturated heterocycles. The van der Waals surface area contributed by atoms with Gasteiger partial charge in [-0.3, -0.25) is 4.79 Å². The molecule has 2 N–H and O–H groups in total. The van der Waals surface area contributed by atoms with Gasteiger partial charge in [-0.15, -0.1) is 10.2 Å². The molecule has 3 aromatic rings. The summed E-state index contributed by atoms with van der Waals surface area (Å²) < 4.78 is 24.1. The Hall–Kier alpha value is -3.68. The number of rotatable bonds is 6. The van der Waals surface area contributed by atoms with Gasteiger partial charge in [0.15, 0.2) is 11.6 Å². The molecule has 0 aliphatic heterocycles. The Bertz CT molecular complexity index is 948. The van der Waals surface area contributed by atoms with Crippen LogP contribution in [-0.2, 0) is 0 Å². The van der Waals surface area contributed by atoms with E-state index in [0.717, 1.165) is 0 Å². The number of aromatic nitrogens is 2. The molecule has 7 nitrogen and oxygen atoms in total. The van der Waals surface area contributed by atoms with Crippen LogP contribution in [0.25, 0.3) is 0 Å². The van der Waals surface area contributed by atoms with Crippen molar-refractivity contribution in [1.82, 2.24) is 10.2 Å². The molecule has 0 bridgehead atoms. The number of nitrogens with one attached hydrogen (secondary N) is 2. The van der Waals surface area contributed by atoms with Crippen molar-refractivity contribution in [2.24, 2.45) is 0 Å². The summed E-state index contributed by atoms with van der Waals surface area (Å²) in [5.41, 5.74) is 0.611. The van der Waals surface area contributed by atoms with Crippen molar-refractivity contribution in [3.05, 3.63) is 66.0 Å². The summed E-state index contributed by atoms with van der Waals surface area (Å²) in [6.45, 7) is 0. The van der Waals surface area contributed by atoms with E-state index in [1.165, 1.54) is 18.2 Å². The van der Waals surface area contributed by atoms with Crippen LogP contribution < -0.4 is 20.1 Å². The predicted molar refractivity (Wildman–Crippen MR) is 99.2 cm³/mol. The van der Waals surface area contributed by atoms with Crippen LogP contribution in [0.2, 0.25) is 0 Å². The van der Waals surface area contributed by atoms with Crippen molar-refractivity contribution in [2.45, 2.75) is 0 Å². The number of benzene rings is 2. The van der Waals surface area contributed by atoms with Crippen LogP contribution in [-0.4, -0.2) is 30.3 Å². The van der Waals surface area contributed by atoms with Crippen LogP contribution in [0, 0.1) is 5.82 Å². The molecule has 27 heavy (non-hydrogen) atoms. The number of carbonyl (C=O) groups excluding carboxylic acids is 1. The molecule has 1 amide bonds. The number of nitrogens with zero attached hydrogens (tertiary/aromatic N) is 2. The van der Waals surface area contributed by atoms with Gasteiger partial charge in [-0.2, -0.15) is 0 Å². The van der Waals surface area contributed by atoms with Gasteiger partial charge in [0.05, 0.1) is 25.5 Å². The minimum absolute atomic E-state index is 0.0653. The van der Waals surface area contributed by atoms with Gasteiger partial charge >= 0.3 is 0 Å². The molecule has 0 saturated carbocycles. The smallest absolute Gasteiger partial charge is 0.259 e. The van der Waals surface area contributed by atoms with Gasteiger partial charge in [0.2, 0.25) is 0 Å². The van der Waals surface area contributed by atoms with E-state index in [2.05, 4.69) is 20.8 Å². The molecule has 138 valence electrons. The Labute approximate surface area is 155 Å². The summed E-state index contributed by atoms with van der Waals surface area (Å²) in [7, 11) is 3.12. The quantitative estimate of drug-likeness (QED) is 0.691. The zero-order valence-corrected chi connectivity index (χ0v) is 14.7. The van der Waals surface area contributed by atoms with Crippen molar-refractivity contribution in [3.63, 3.8) is 0 Å². The molecular weight excluding hydrogens is 351 g/mol. The lowest BCUT2D eigenvalue weighted by atomic mass is 10.2. The van der Waals surface area contributed by atoms with E-state index in [4.69, 9.17) is 9.47 Å². The first-order valence-electron chi connectivity index (χ1n) is 7.99. The Morgan fingerprint density at radius 1 is 0.963 bits per heavy atom. The molecule has 8 heteroatoms. The summed E-state index contributed by atoms with van der Waals surface area (Å²) in [5, 5.41) is 13.5. The van der Waals surface area contributed by atoms with E-state index in [1.54, 1.807) is 50.6 Å². The summed E-state index contributed by atoms with van der Waals surface area (Å²) in [6, 6.07) is 14.2. The number of halogens is 1. The van der Waals surface area contributed by atoms with Crippen molar-refractivity contribution < 1.29 is 18.7 Å². The lowest BCUT2D eigenvalue weighted by molar-refractivity contribution is 0.102. The molecule has 2 aromatic carbocycles. The van der Waals surface area contributed by atoms with E-state index in [-0.39, 0.29) is 11.4 Å². The lowest BCUT2D eigenvalue weighted by Crippen LogP contribution is -2.15. The SMILES string of the molecule is COc1ccc(Nc2ccc(NC(=O)c3ccccc3F)nn2)c(OC)c1. The number of methoxy groups -OCH3 is 2. The second-order valence-corrected chi connectivity index (χ2v) is 5.43. The molecule has 0 aliphatic rings. The van der Waals surface area contributed by atoms with Gasteiger partial charge in [0.1, 0.15) is 17.3 Å². The number of ether oxygens (including phenoxy) is 2. The molecule has 0 aliphatic carbocycles. The normalized spacial score (nSPS) is 10.2. The Kier molecular flexibility index (Phi) is 5.46. The minimum atomic E-state index is -0.604. The third-order valence-corrected chi connectivity index (χ3v) is 3.70. The fraction of sp³-hybridized carbons (Fsp3) is 0.105. The van der Waals surface area contributed by atoms with Crippen LogP contribution in [0.15, 0.2) is 54.6 Å². The van der Waals surface area contributed by atoms with E-state index in [1.807, 2.05) is 0 Å². The third kappa shape index (κ3) is 4.30. The zero-order chi connectivity index (χ0) is 19.2. The predicted octanol–water partition coefficient (Wildman–Crippen LogP) is 3.63. The standard InChI is InChI=1S/C19H17FN4O3/c1-26-12-7-8-15(16(11-12)27-2)21-17-9-10-18(24-23-17)22-19(25)13-5-3-4-6-14(13)20/h3-11H,1-2H3,(H,21,23)(H,22,24,25). The highest BCUT2D eigenvalue weighted by Gasteiger charge is 2.12. The van der Waals surface area contributed by atoms with Gasteiger partial charge in [0, 0.05) is 6.07 Å². The van der Waals surface area contributed by atoms with E-state index >= 15 is 0 Å². The minimum Gasteiger partial charge on any atom is -0.497 e.